The molecule has 98 valence electrons. The van der Waals surface area contributed by atoms with E-state index >= 15 is 0 Å². The summed E-state index contributed by atoms with van der Waals surface area (Å²) in [4.78, 5) is 0. The minimum atomic E-state index is -0.220. The van der Waals surface area contributed by atoms with Crippen molar-refractivity contribution in [1.82, 2.24) is 5.32 Å². The molecule has 0 spiro atoms. The predicted molar refractivity (Wildman–Crippen MR) is 69.2 cm³/mol. The van der Waals surface area contributed by atoms with Gasteiger partial charge >= 0.3 is 0 Å². The van der Waals surface area contributed by atoms with Gasteiger partial charge in [-0.1, -0.05) is 11.6 Å². The number of nitrogens with one attached hydrogen (secondary N) is 1. The highest BCUT2D eigenvalue weighted by Crippen LogP contribution is 2.37. The van der Waals surface area contributed by atoms with E-state index in [0.29, 0.717) is 29.2 Å². The minimum absolute atomic E-state index is 0.157. The first-order chi connectivity index (χ1) is 8.74. The Labute approximate surface area is 111 Å². The molecule has 1 heterocycles. The maximum Gasteiger partial charge on any atom is 0.129 e. The van der Waals surface area contributed by atoms with Crippen LogP contribution in [0.2, 0.25) is 5.02 Å². The van der Waals surface area contributed by atoms with Crippen molar-refractivity contribution in [3.05, 3.63) is 34.6 Å². The minimum Gasteiger partial charge on any atom is -0.373 e. The van der Waals surface area contributed by atoms with E-state index in [1.807, 2.05) is 0 Å². The first kappa shape index (κ1) is 12.4. The van der Waals surface area contributed by atoms with Gasteiger partial charge in [-0.15, -0.1) is 0 Å². The fraction of sp³-hybridized carbons (Fsp3) is 0.571. The first-order valence-corrected chi connectivity index (χ1v) is 6.92. The van der Waals surface area contributed by atoms with Crippen molar-refractivity contribution in [2.24, 2.45) is 5.92 Å². The quantitative estimate of drug-likeness (QED) is 0.906. The van der Waals surface area contributed by atoms with Gasteiger partial charge in [-0.25, -0.2) is 4.39 Å². The van der Waals surface area contributed by atoms with Crippen molar-refractivity contribution in [2.75, 3.05) is 13.2 Å². The number of hydrogen-bond acceptors (Lipinski definition) is 2. The second-order valence-corrected chi connectivity index (χ2v) is 5.62. The molecule has 2 fully saturated rings. The molecule has 2 atom stereocenters. The SMILES string of the molecule is Fc1ccc(Cl)cc1C1OCCC1CNC1CC1. The Morgan fingerprint density at radius 1 is 1.33 bits per heavy atom. The Bertz CT molecular complexity index is 436. The molecule has 0 radical (unpaired) electrons. The van der Waals surface area contributed by atoms with E-state index in [2.05, 4.69) is 5.32 Å². The van der Waals surface area contributed by atoms with Crippen LogP contribution >= 0.6 is 11.6 Å². The van der Waals surface area contributed by atoms with Crippen LogP contribution in [0.5, 0.6) is 0 Å². The van der Waals surface area contributed by atoms with Crippen molar-refractivity contribution < 1.29 is 9.13 Å². The highest BCUT2D eigenvalue weighted by Gasteiger charge is 2.33. The van der Waals surface area contributed by atoms with Gasteiger partial charge in [-0.3, -0.25) is 0 Å². The van der Waals surface area contributed by atoms with Gasteiger partial charge in [0.05, 0.1) is 6.10 Å². The van der Waals surface area contributed by atoms with E-state index in [4.69, 9.17) is 16.3 Å². The Kier molecular flexibility index (Phi) is 3.55. The molecule has 1 aromatic rings. The second-order valence-electron chi connectivity index (χ2n) is 5.19. The predicted octanol–water partition coefficient (Wildman–Crippen LogP) is 3.31. The number of hydrogen-bond donors (Lipinski definition) is 1. The molecule has 0 amide bonds. The third-order valence-corrected chi connectivity index (χ3v) is 3.96. The lowest BCUT2D eigenvalue weighted by atomic mass is 9.95. The van der Waals surface area contributed by atoms with Crippen molar-refractivity contribution in [3.8, 4) is 0 Å². The third-order valence-electron chi connectivity index (χ3n) is 3.72. The van der Waals surface area contributed by atoms with Gasteiger partial charge in [0.1, 0.15) is 5.82 Å². The summed E-state index contributed by atoms with van der Waals surface area (Å²) in [6.07, 6.45) is 3.36. The monoisotopic (exact) mass is 269 g/mol. The summed E-state index contributed by atoms with van der Waals surface area (Å²) in [7, 11) is 0. The Morgan fingerprint density at radius 2 is 2.17 bits per heavy atom. The van der Waals surface area contributed by atoms with Crippen LogP contribution in [-0.2, 0) is 4.74 Å². The fourth-order valence-electron chi connectivity index (χ4n) is 2.52. The van der Waals surface area contributed by atoms with Crippen LogP contribution in [0.1, 0.15) is 30.9 Å². The second kappa shape index (κ2) is 5.16. The number of halogens is 2. The summed E-state index contributed by atoms with van der Waals surface area (Å²) in [5, 5.41) is 4.06. The van der Waals surface area contributed by atoms with Crippen LogP contribution in [-0.4, -0.2) is 19.2 Å². The third kappa shape index (κ3) is 2.68. The van der Waals surface area contributed by atoms with Gasteiger partial charge in [0.15, 0.2) is 0 Å². The van der Waals surface area contributed by atoms with Crippen molar-refractivity contribution in [3.63, 3.8) is 0 Å². The molecule has 18 heavy (non-hydrogen) atoms. The van der Waals surface area contributed by atoms with Gasteiger partial charge in [0, 0.05) is 35.7 Å². The van der Waals surface area contributed by atoms with E-state index in [9.17, 15) is 4.39 Å². The van der Waals surface area contributed by atoms with Gasteiger partial charge in [0.25, 0.3) is 0 Å². The zero-order chi connectivity index (χ0) is 12.5. The van der Waals surface area contributed by atoms with Gasteiger partial charge in [-0.2, -0.15) is 0 Å². The molecule has 1 saturated heterocycles. The van der Waals surface area contributed by atoms with Crippen LogP contribution in [0, 0.1) is 11.7 Å². The highest BCUT2D eigenvalue weighted by atomic mass is 35.5. The molecule has 1 aliphatic heterocycles. The van der Waals surface area contributed by atoms with Crippen LogP contribution in [0.4, 0.5) is 4.39 Å². The summed E-state index contributed by atoms with van der Waals surface area (Å²) < 4.78 is 19.5. The van der Waals surface area contributed by atoms with E-state index < -0.39 is 0 Å². The molecule has 1 aromatic carbocycles. The Balaban J connectivity index is 1.73. The molecular formula is C14H17ClFNO. The maximum absolute atomic E-state index is 13.8. The molecule has 0 bridgehead atoms. The van der Waals surface area contributed by atoms with Gasteiger partial charge < -0.3 is 10.1 Å². The molecular weight excluding hydrogens is 253 g/mol. The Hall–Kier alpha value is -0.640. The molecule has 4 heteroatoms. The summed E-state index contributed by atoms with van der Waals surface area (Å²) in [6, 6.07) is 5.37. The van der Waals surface area contributed by atoms with E-state index in [1.165, 1.54) is 18.9 Å². The Morgan fingerprint density at radius 3 is 2.94 bits per heavy atom. The van der Waals surface area contributed by atoms with Gasteiger partial charge in [0.2, 0.25) is 0 Å². The van der Waals surface area contributed by atoms with E-state index in [-0.39, 0.29) is 11.9 Å². The van der Waals surface area contributed by atoms with Crippen molar-refractivity contribution >= 4 is 11.6 Å². The molecule has 2 nitrogen and oxygen atoms in total. The normalized spacial score (nSPS) is 27.7. The average Bonchev–Trinajstić information content (AvgIpc) is 3.08. The van der Waals surface area contributed by atoms with Crippen molar-refractivity contribution in [2.45, 2.75) is 31.4 Å². The largest absolute Gasteiger partial charge is 0.373 e. The standard InChI is InChI=1S/C14H17ClFNO/c15-10-1-4-13(16)12(7-10)14-9(5-6-18-14)8-17-11-2-3-11/h1,4,7,9,11,14,17H,2-3,5-6,8H2. The zero-order valence-corrected chi connectivity index (χ0v) is 10.9. The lowest BCUT2D eigenvalue weighted by molar-refractivity contribution is 0.0874. The lowest BCUT2D eigenvalue weighted by Crippen LogP contribution is -2.26. The summed E-state index contributed by atoms with van der Waals surface area (Å²) in [5.74, 6) is 0.126. The summed E-state index contributed by atoms with van der Waals surface area (Å²) in [6.45, 7) is 1.61. The highest BCUT2D eigenvalue weighted by molar-refractivity contribution is 6.30. The molecule has 2 unspecified atom stereocenters. The lowest BCUT2D eigenvalue weighted by Gasteiger charge is -2.20. The fourth-order valence-corrected chi connectivity index (χ4v) is 2.71. The first-order valence-electron chi connectivity index (χ1n) is 6.54. The maximum atomic E-state index is 13.8. The van der Waals surface area contributed by atoms with Gasteiger partial charge in [-0.05, 0) is 37.5 Å². The summed E-state index contributed by atoms with van der Waals surface area (Å²) >= 11 is 5.94. The zero-order valence-electron chi connectivity index (χ0n) is 10.2. The molecule has 1 aliphatic carbocycles. The number of benzene rings is 1. The smallest absolute Gasteiger partial charge is 0.129 e. The molecule has 0 aromatic heterocycles. The van der Waals surface area contributed by atoms with Crippen LogP contribution in [0.15, 0.2) is 18.2 Å². The van der Waals surface area contributed by atoms with Crippen LogP contribution in [0.3, 0.4) is 0 Å². The number of ether oxygens (including phenoxy) is 1. The van der Waals surface area contributed by atoms with E-state index in [1.54, 1.807) is 12.1 Å². The van der Waals surface area contributed by atoms with Crippen LogP contribution < -0.4 is 5.32 Å². The topological polar surface area (TPSA) is 21.3 Å². The molecule has 1 N–H and O–H groups in total. The molecule has 2 aliphatic rings. The van der Waals surface area contributed by atoms with Crippen molar-refractivity contribution in [1.29, 1.82) is 0 Å². The molecule has 1 saturated carbocycles. The molecule has 3 rings (SSSR count). The summed E-state index contributed by atoms with van der Waals surface area (Å²) in [5.41, 5.74) is 0.600. The average molecular weight is 270 g/mol. The number of rotatable bonds is 4. The van der Waals surface area contributed by atoms with E-state index in [0.717, 1.165) is 13.0 Å². The van der Waals surface area contributed by atoms with Crippen LogP contribution in [0.25, 0.3) is 0 Å².